The summed E-state index contributed by atoms with van der Waals surface area (Å²) >= 11 is 1.46. The Balaban J connectivity index is 1.66. The minimum atomic E-state index is -0.941. The number of aliphatic imine (C=N–C) groups is 1. The van der Waals surface area contributed by atoms with Crippen LogP contribution in [0.3, 0.4) is 0 Å². The lowest BCUT2D eigenvalue weighted by Gasteiger charge is -2.25. The number of rotatable bonds is 4. The zero-order valence-electron chi connectivity index (χ0n) is 14.4. The molecule has 1 atom stereocenters. The fourth-order valence-electron chi connectivity index (χ4n) is 3.23. The number of thioether (sulfide) groups is 1. The van der Waals surface area contributed by atoms with Crippen molar-refractivity contribution >= 4 is 34.7 Å². The van der Waals surface area contributed by atoms with E-state index in [9.17, 15) is 14.4 Å². The Hall–Kier alpha value is -2.93. The van der Waals surface area contributed by atoms with Gasteiger partial charge in [-0.3, -0.25) is 24.3 Å². The molecule has 2 aliphatic heterocycles. The van der Waals surface area contributed by atoms with Gasteiger partial charge in [-0.2, -0.15) is 0 Å². The van der Waals surface area contributed by atoms with Crippen molar-refractivity contribution in [3.8, 4) is 0 Å². The Morgan fingerprint density at radius 1 is 1.04 bits per heavy atom. The number of amidine groups is 1. The van der Waals surface area contributed by atoms with Crippen molar-refractivity contribution in [2.45, 2.75) is 12.5 Å². The minimum absolute atomic E-state index is 0.246. The molecule has 27 heavy (non-hydrogen) atoms. The lowest BCUT2D eigenvalue weighted by atomic mass is 10.0. The van der Waals surface area contributed by atoms with E-state index in [0.29, 0.717) is 22.8 Å². The van der Waals surface area contributed by atoms with Crippen LogP contribution in [0.25, 0.3) is 0 Å². The van der Waals surface area contributed by atoms with Crippen molar-refractivity contribution in [1.29, 1.82) is 0 Å². The van der Waals surface area contributed by atoms with E-state index in [1.807, 2.05) is 30.3 Å². The van der Waals surface area contributed by atoms with E-state index in [-0.39, 0.29) is 6.42 Å². The zero-order valence-corrected chi connectivity index (χ0v) is 15.2. The van der Waals surface area contributed by atoms with Crippen LogP contribution in [0.2, 0.25) is 0 Å². The quantitative estimate of drug-likeness (QED) is 0.826. The van der Waals surface area contributed by atoms with Crippen LogP contribution in [0.5, 0.6) is 0 Å². The number of fused-ring (bicyclic) bond motifs is 1. The van der Waals surface area contributed by atoms with Gasteiger partial charge in [-0.1, -0.05) is 54.2 Å². The number of nitrogens with zero attached hydrogens (tertiary/aromatic N) is 2. The summed E-state index contributed by atoms with van der Waals surface area (Å²) in [6, 6.07) is 15.1. The van der Waals surface area contributed by atoms with Crippen molar-refractivity contribution in [2.24, 2.45) is 4.99 Å². The summed E-state index contributed by atoms with van der Waals surface area (Å²) in [5.74, 6) is -0.465. The van der Waals surface area contributed by atoms with Gasteiger partial charge in [0, 0.05) is 12.2 Å². The fourth-order valence-corrected chi connectivity index (χ4v) is 3.96. The third kappa shape index (κ3) is 3.38. The van der Waals surface area contributed by atoms with Crippen LogP contribution >= 0.6 is 11.8 Å². The molecule has 0 aromatic heterocycles. The predicted octanol–water partition coefficient (Wildman–Crippen LogP) is 2.11. The van der Waals surface area contributed by atoms with E-state index in [0.717, 1.165) is 16.2 Å². The van der Waals surface area contributed by atoms with E-state index < -0.39 is 23.8 Å². The summed E-state index contributed by atoms with van der Waals surface area (Å²) < 4.78 is 0. The summed E-state index contributed by atoms with van der Waals surface area (Å²) in [4.78, 5) is 44.0. The first-order valence-electron chi connectivity index (χ1n) is 8.64. The first kappa shape index (κ1) is 17.5. The van der Waals surface area contributed by atoms with Gasteiger partial charge in [-0.15, -0.1) is 0 Å². The smallest absolute Gasteiger partial charge is 0.262 e. The van der Waals surface area contributed by atoms with Crippen molar-refractivity contribution < 1.29 is 14.4 Å². The average molecular weight is 379 g/mol. The molecule has 2 aliphatic rings. The largest absolute Gasteiger partial charge is 0.304 e. The van der Waals surface area contributed by atoms with Gasteiger partial charge < -0.3 is 5.32 Å². The number of nitrogens with one attached hydrogen (secondary N) is 1. The number of hydrogen-bond acceptors (Lipinski definition) is 5. The highest BCUT2D eigenvalue weighted by Gasteiger charge is 2.42. The second kappa shape index (κ2) is 7.36. The molecule has 2 heterocycles. The van der Waals surface area contributed by atoms with Gasteiger partial charge in [0.05, 0.1) is 17.7 Å². The summed E-state index contributed by atoms with van der Waals surface area (Å²) in [6.45, 7) is 0.649. The Bertz CT molecular complexity index is 907. The molecule has 0 aliphatic carbocycles. The van der Waals surface area contributed by atoms with Crippen LogP contribution < -0.4 is 5.32 Å². The molecular formula is C20H17N3O3S. The fraction of sp³-hybridized carbons (Fsp3) is 0.200. The van der Waals surface area contributed by atoms with Crippen LogP contribution in [-0.4, -0.2) is 46.1 Å². The van der Waals surface area contributed by atoms with Crippen LogP contribution in [-0.2, 0) is 11.2 Å². The second-order valence-electron chi connectivity index (χ2n) is 6.26. The monoisotopic (exact) mass is 379 g/mol. The molecule has 2 aromatic rings. The van der Waals surface area contributed by atoms with Crippen molar-refractivity contribution in [2.75, 3.05) is 12.3 Å². The third-order valence-electron chi connectivity index (χ3n) is 4.53. The molecule has 0 bridgehead atoms. The van der Waals surface area contributed by atoms with Crippen LogP contribution in [0.15, 0.2) is 59.6 Å². The SMILES string of the molecule is O=C(NC1=NCCS1)[C@H](Cc1ccccc1)N1C(=O)c2ccccc2C1=O. The van der Waals surface area contributed by atoms with E-state index in [1.165, 1.54) is 11.8 Å². The molecule has 0 fully saturated rings. The molecule has 136 valence electrons. The molecule has 0 radical (unpaired) electrons. The Morgan fingerprint density at radius 3 is 2.26 bits per heavy atom. The van der Waals surface area contributed by atoms with Gasteiger partial charge in [0.1, 0.15) is 6.04 Å². The van der Waals surface area contributed by atoms with Crippen molar-refractivity contribution in [3.63, 3.8) is 0 Å². The number of amides is 3. The standard InChI is InChI=1S/C20H17N3O3S/c24-17(22-20-21-10-11-27-20)16(12-13-6-2-1-3-7-13)23-18(25)14-8-4-5-9-15(14)19(23)26/h1-9,16H,10-12H2,(H,21,22,24)/t16-/m0/s1. The Kier molecular flexibility index (Phi) is 4.77. The second-order valence-corrected chi connectivity index (χ2v) is 7.34. The minimum Gasteiger partial charge on any atom is -0.304 e. The van der Waals surface area contributed by atoms with E-state index >= 15 is 0 Å². The number of imide groups is 1. The molecule has 0 spiro atoms. The zero-order chi connectivity index (χ0) is 18.8. The van der Waals surface area contributed by atoms with Gasteiger partial charge in [0.25, 0.3) is 11.8 Å². The summed E-state index contributed by atoms with van der Waals surface area (Å²) in [7, 11) is 0. The molecule has 0 saturated heterocycles. The van der Waals surface area contributed by atoms with E-state index in [1.54, 1.807) is 24.3 Å². The molecule has 3 amide bonds. The molecule has 7 heteroatoms. The lowest BCUT2D eigenvalue weighted by Crippen LogP contribution is -2.51. The van der Waals surface area contributed by atoms with E-state index in [4.69, 9.17) is 0 Å². The van der Waals surface area contributed by atoms with Gasteiger partial charge in [0.2, 0.25) is 5.91 Å². The molecule has 6 nitrogen and oxygen atoms in total. The highest BCUT2D eigenvalue weighted by atomic mass is 32.2. The molecule has 0 saturated carbocycles. The van der Waals surface area contributed by atoms with E-state index in [2.05, 4.69) is 10.3 Å². The highest BCUT2D eigenvalue weighted by molar-refractivity contribution is 8.14. The maximum Gasteiger partial charge on any atom is 0.262 e. The van der Waals surface area contributed by atoms with Gasteiger partial charge in [0.15, 0.2) is 5.17 Å². The number of hydrogen-bond donors (Lipinski definition) is 1. The van der Waals surface area contributed by atoms with Gasteiger partial charge in [-0.25, -0.2) is 0 Å². The average Bonchev–Trinajstić information content (AvgIpc) is 3.28. The first-order valence-corrected chi connectivity index (χ1v) is 9.62. The third-order valence-corrected chi connectivity index (χ3v) is 5.42. The van der Waals surface area contributed by atoms with Gasteiger partial charge in [-0.05, 0) is 17.7 Å². The highest BCUT2D eigenvalue weighted by Crippen LogP contribution is 2.26. The van der Waals surface area contributed by atoms with Crippen molar-refractivity contribution in [1.82, 2.24) is 10.2 Å². The first-order chi connectivity index (χ1) is 13.1. The van der Waals surface area contributed by atoms with Crippen LogP contribution in [0.4, 0.5) is 0 Å². The molecule has 4 rings (SSSR count). The van der Waals surface area contributed by atoms with Gasteiger partial charge >= 0.3 is 0 Å². The lowest BCUT2D eigenvalue weighted by molar-refractivity contribution is -0.123. The summed E-state index contributed by atoms with van der Waals surface area (Å²) in [5.41, 5.74) is 1.54. The number of carbonyl (C=O) groups is 3. The maximum absolute atomic E-state index is 13.0. The molecular weight excluding hydrogens is 362 g/mol. The Labute approximate surface area is 160 Å². The predicted molar refractivity (Wildman–Crippen MR) is 104 cm³/mol. The number of carbonyl (C=O) groups excluding carboxylic acids is 3. The summed E-state index contributed by atoms with van der Waals surface area (Å²) in [5, 5.41) is 3.31. The van der Waals surface area contributed by atoms with Crippen LogP contribution in [0.1, 0.15) is 26.3 Å². The topological polar surface area (TPSA) is 78.8 Å². The molecule has 1 N–H and O–H groups in total. The van der Waals surface area contributed by atoms with Crippen LogP contribution in [0, 0.1) is 0 Å². The normalized spacial score (nSPS) is 16.9. The number of benzene rings is 2. The Morgan fingerprint density at radius 2 is 1.67 bits per heavy atom. The maximum atomic E-state index is 13.0. The van der Waals surface area contributed by atoms with Crippen molar-refractivity contribution in [3.05, 3.63) is 71.3 Å². The molecule has 2 aromatic carbocycles. The summed E-state index contributed by atoms with van der Waals surface area (Å²) in [6.07, 6.45) is 0.246. The molecule has 0 unspecified atom stereocenters.